The topological polar surface area (TPSA) is 44.1 Å². The van der Waals surface area contributed by atoms with Crippen molar-refractivity contribution < 1.29 is 4.79 Å². The van der Waals surface area contributed by atoms with E-state index in [9.17, 15) is 4.79 Å². The second kappa shape index (κ2) is 6.88. The molecule has 0 bridgehead atoms. The number of hydrogen-bond acceptors (Lipinski definition) is 2. The Morgan fingerprint density at radius 1 is 1.15 bits per heavy atom. The van der Waals surface area contributed by atoms with Gasteiger partial charge >= 0.3 is 0 Å². The van der Waals surface area contributed by atoms with Crippen LogP contribution in [0.4, 0.5) is 0 Å². The molecule has 0 aliphatic carbocycles. The lowest BCUT2D eigenvalue weighted by molar-refractivity contribution is 0.0765. The summed E-state index contributed by atoms with van der Waals surface area (Å²) in [6.07, 6.45) is 0. The highest BCUT2D eigenvalue weighted by atomic mass is 79.9. The molecule has 0 saturated heterocycles. The summed E-state index contributed by atoms with van der Waals surface area (Å²) in [5.74, 6) is -0.142. The van der Waals surface area contributed by atoms with E-state index >= 15 is 0 Å². The Morgan fingerprint density at radius 2 is 1.90 bits per heavy atom. The van der Waals surface area contributed by atoms with Crippen LogP contribution in [-0.2, 0) is 6.54 Å². The van der Waals surface area contributed by atoms with Gasteiger partial charge in [0.25, 0.3) is 5.91 Å². The molecular formula is C16H13BrN2O. The lowest BCUT2D eigenvalue weighted by Gasteiger charge is -2.20. The largest absolute Gasteiger partial charge is 0.321 e. The van der Waals surface area contributed by atoms with Crippen molar-refractivity contribution in [2.75, 3.05) is 6.54 Å². The van der Waals surface area contributed by atoms with Crippen LogP contribution < -0.4 is 0 Å². The minimum absolute atomic E-state index is 0.0697. The second-order valence-electron chi connectivity index (χ2n) is 4.32. The van der Waals surface area contributed by atoms with Gasteiger partial charge in [-0.2, -0.15) is 5.26 Å². The highest BCUT2D eigenvalue weighted by Gasteiger charge is 2.15. The zero-order valence-electron chi connectivity index (χ0n) is 10.8. The zero-order chi connectivity index (χ0) is 14.4. The fourth-order valence-electron chi connectivity index (χ4n) is 1.89. The quantitative estimate of drug-likeness (QED) is 0.804. The minimum atomic E-state index is -0.142. The number of halogens is 1. The summed E-state index contributed by atoms with van der Waals surface area (Å²) < 4.78 is 0.847. The van der Waals surface area contributed by atoms with Gasteiger partial charge in [-0.05, 0) is 23.8 Å². The Bertz CT molecular complexity index is 634. The van der Waals surface area contributed by atoms with E-state index in [1.807, 2.05) is 48.5 Å². The Hall–Kier alpha value is -2.12. The fraction of sp³-hybridized carbons (Fsp3) is 0.125. The van der Waals surface area contributed by atoms with Gasteiger partial charge in [-0.15, -0.1) is 0 Å². The first-order valence-corrected chi connectivity index (χ1v) is 6.95. The van der Waals surface area contributed by atoms with Crippen LogP contribution in [0.25, 0.3) is 0 Å². The van der Waals surface area contributed by atoms with Crippen LogP contribution in [0.1, 0.15) is 15.9 Å². The predicted molar refractivity (Wildman–Crippen MR) is 80.9 cm³/mol. The number of nitrogens with zero attached hydrogens (tertiary/aromatic N) is 2. The van der Waals surface area contributed by atoms with Gasteiger partial charge in [0.15, 0.2) is 0 Å². The van der Waals surface area contributed by atoms with Gasteiger partial charge in [-0.3, -0.25) is 4.79 Å². The van der Waals surface area contributed by atoms with Crippen molar-refractivity contribution >= 4 is 21.8 Å². The highest BCUT2D eigenvalue weighted by molar-refractivity contribution is 9.10. The average Bonchev–Trinajstić information content (AvgIpc) is 2.47. The highest BCUT2D eigenvalue weighted by Crippen LogP contribution is 2.15. The molecule has 0 unspecified atom stereocenters. The van der Waals surface area contributed by atoms with Gasteiger partial charge in [0.05, 0.1) is 6.07 Å². The number of carbonyl (C=O) groups excluding carboxylic acids is 1. The Labute approximate surface area is 126 Å². The van der Waals surface area contributed by atoms with Crippen LogP contribution in [0, 0.1) is 11.3 Å². The molecule has 0 aliphatic rings. The van der Waals surface area contributed by atoms with Crippen molar-refractivity contribution in [1.82, 2.24) is 4.90 Å². The molecule has 0 atom stereocenters. The zero-order valence-corrected chi connectivity index (χ0v) is 12.4. The van der Waals surface area contributed by atoms with Crippen molar-refractivity contribution in [3.05, 3.63) is 70.2 Å². The normalized spacial score (nSPS) is 9.80. The van der Waals surface area contributed by atoms with Gasteiger partial charge in [0.1, 0.15) is 6.54 Å². The van der Waals surface area contributed by atoms with E-state index in [4.69, 9.17) is 5.26 Å². The SMILES string of the molecule is N#CCN(Cc1ccccc1)C(=O)c1cccc(Br)c1. The molecule has 0 heterocycles. The molecule has 0 radical (unpaired) electrons. The number of benzene rings is 2. The first kappa shape index (κ1) is 14.3. The Balaban J connectivity index is 2.20. The summed E-state index contributed by atoms with van der Waals surface area (Å²) in [5.41, 5.74) is 1.58. The van der Waals surface area contributed by atoms with Crippen molar-refractivity contribution in [3.8, 4) is 6.07 Å². The molecule has 0 aromatic heterocycles. The summed E-state index contributed by atoms with van der Waals surface area (Å²) in [7, 11) is 0. The van der Waals surface area contributed by atoms with Gasteiger partial charge in [-0.1, -0.05) is 52.3 Å². The molecule has 0 spiro atoms. The van der Waals surface area contributed by atoms with Crippen LogP contribution in [0.15, 0.2) is 59.1 Å². The summed E-state index contributed by atoms with van der Waals surface area (Å²) in [6, 6.07) is 18.9. The van der Waals surface area contributed by atoms with Crippen LogP contribution in [0.3, 0.4) is 0 Å². The molecule has 0 fully saturated rings. The van der Waals surface area contributed by atoms with Crippen molar-refractivity contribution in [2.24, 2.45) is 0 Å². The summed E-state index contributed by atoms with van der Waals surface area (Å²) in [5, 5.41) is 8.91. The average molecular weight is 329 g/mol. The molecule has 100 valence electrons. The molecule has 2 aromatic carbocycles. The Kier molecular flexibility index (Phi) is 4.91. The van der Waals surface area contributed by atoms with E-state index in [0.29, 0.717) is 12.1 Å². The second-order valence-corrected chi connectivity index (χ2v) is 5.23. The van der Waals surface area contributed by atoms with Gasteiger partial charge < -0.3 is 4.90 Å². The van der Waals surface area contributed by atoms with Crippen LogP contribution in [-0.4, -0.2) is 17.4 Å². The lowest BCUT2D eigenvalue weighted by atomic mass is 10.1. The number of rotatable bonds is 4. The number of hydrogen-bond donors (Lipinski definition) is 0. The first-order valence-electron chi connectivity index (χ1n) is 6.16. The van der Waals surface area contributed by atoms with E-state index in [1.165, 1.54) is 4.90 Å². The van der Waals surface area contributed by atoms with Crippen molar-refractivity contribution in [1.29, 1.82) is 5.26 Å². The number of carbonyl (C=O) groups is 1. The molecule has 0 N–H and O–H groups in total. The fourth-order valence-corrected chi connectivity index (χ4v) is 2.29. The van der Waals surface area contributed by atoms with Crippen LogP contribution in [0.5, 0.6) is 0 Å². The maximum absolute atomic E-state index is 12.4. The maximum atomic E-state index is 12.4. The van der Waals surface area contributed by atoms with Crippen LogP contribution >= 0.6 is 15.9 Å². The number of amides is 1. The lowest BCUT2D eigenvalue weighted by Crippen LogP contribution is -2.30. The summed E-state index contributed by atoms with van der Waals surface area (Å²) in [4.78, 5) is 14.0. The number of nitriles is 1. The van der Waals surface area contributed by atoms with Crippen molar-refractivity contribution in [2.45, 2.75) is 6.54 Å². The molecule has 2 aromatic rings. The third-order valence-electron chi connectivity index (χ3n) is 2.84. The third-order valence-corrected chi connectivity index (χ3v) is 3.33. The predicted octanol–water partition coefficient (Wildman–Crippen LogP) is 3.62. The van der Waals surface area contributed by atoms with E-state index in [1.54, 1.807) is 12.1 Å². The molecule has 2 rings (SSSR count). The van der Waals surface area contributed by atoms with E-state index in [0.717, 1.165) is 10.0 Å². The maximum Gasteiger partial charge on any atom is 0.255 e. The molecule has 1 amide bonds. The molecule has 4 heteroatoms. The minimum Gasteiger partial charge on any atom is -0.321 e. The summed E-state index contributed by atoms with van der Waals surface area (Å²) in [6.45, 7) is 0.500. The third kappa shape index (κ3) is 3.69. The van der Waals surface area contributed by atoms with Gasteiger partial charge in [0.2, 0.25) is 0 Å². The smallest absolute Gasteiger partial charge is 0.255 e. The molecule has 20 heavy (non-hydrogen) atoms. The first-order chi connectivity index (χ1) is 9.70. The molecule has 0 saturated carbocycles. The van der Waals surface area contributed by atoms with E-state index < -0.39 is 0 Å². The molecule has 3 nitrogen and oxygen atoms in total. The standard InChI is InChI=1S/C16H13BrN2O/c17-15-8-4-7-14(11-15)16(20)19(10-9-18)12-13-5-2-1-3-6-13/h1-8,11H,10,12H2. The van der Waals surface area contributed by atoms with E-state index in [2.05, 4.69) is 15.9 Å². The summed E-state index contributed by atoms with van der Waals surface area (Å²) >= 11 is 3.35. The molecular weight excluding hydrogens is 316 g/mol. The van der Waals surface area contributed by atoms with Crippen molar-refractivity contribution in [3.63, 3.8) is 0 Å². The van der Waals surface area contributed by atoms with Gasteiger partial charge in [0, 0.05) is 16.6 Å². The Morgan fingerprint density at radius 3 is 2.55 bits per heavy atom. The van der Waals surface area contributed by atoms with Gasteiger partial charge in [-0.25, -0.2) is 0 Å². The molecule has 0 aliphatic heterocycles. The monoisotopic (exact) mass is 328 g/mol. The van der Waals surface area contributed by atoms with Crippen LogP contribution in [0.2, 0.25) is 0 Å². The van der Waals surface area contributed by atoms with E-state index in [-0.39, 0.29) is 12.5 Å².